The minimum atomic E-state index is 0.341. The Morgan fingerprint density at radius 2 is 1.68 bits per heavy atom. The molecule has 0 aromatic heterocycles. The van der Waals surface area contributed by atoms with Gasteiger partial charge >= 0.3 is 0 Å². The van der Waals surface area contributed by atoms with Crippen molar-refractivity contribution in [2.45, 2.75) is 26.6 Å². The van der Waals surface area contributed by atoms with Gasteiger partial charge in [0.1, 0.15) is 0 Å². The number of likely N-dealkylation sites (N-methyl/N-ethyl adjacent to an activating group) is 2. The van der Waals surface area contributed by atoms with Crippen molar-refractivity contribution in [3.05, 3.63) is 35.9 Å². The Morgan fingerprint density at radius 1 is 1.05 bits per heavy atom. The van der Waals surface area contributed by atoms with E-state index in [-0.39, 0.29) is 0 Å². The molecule has 0 saturated carbocycles. The molecule has 0 aliphatic carbocycles. The molecule has 0 atom stereocenters. The Hall–Kier alpha value is -0.980. The van der Waals surface area contributed by atoms with E-state index in [4.69, 9.17) is 0 Å². The Labute approximate surface area is 135 Å². The summed E-state index contributed by atoms with van der Waals surface area (Å²) in [5, 5.41) is 9.25. The SMILES string of the molecule is CCNC(CNN1CCN(Cc2cc[c]cc2)CC1)NCC. The molecule has 5 heteroatoms. The quantitative estimate of drug-likeness (QED) is 0.585. The van der Waals surface area contributed by atoms with E-state index >= 15 is 0 Å². The number of rotatable bonds is 9. The maximum atomic E-state index is 3.55. The standard InChI is InChI=1S/C17H30N5/c1-3-18-17(19-4-2)14-20-22-12-10-21(11-13-22)15-16-8-6-5-7-9-16/h6-9,17-20H,3-4,10-15H2,1-2H3. The van der Waals surface area contributed by atoms with E-state index in [2.05, 4.69) is 58.0 Å². The highest BCUT2D eigenvalue weighted by molar-refractivity contribution is 5.13. The van der Waals surface area contributed by atoms with E-state index in [0.29, 0.717) is 6.17 Å². The van der Waals surface area contributed by atoms with Gasteiger partial charge in [-0.25, -0.2) is 5.01 Å². The molecule has 1 aromatic rings. The minimum absolute atomic E-state index is 0.341. The van der Waals surface area contributed by atoms with Crippen LogP contribution in [0.15, 0.2) is 24.3 Å². The molecule has 0 amide bonds. The molecule has 22 heavy (non-hydrogen) atoms. The Bertz CT molecular complexity index is 383. The van der Waals surface area contributed by atoms with Crippen LogP contribution in [-0.2, 0) is 6.54 Å². The zero-order valence-electron chi connectivity index (χ0n) is 13.9. The summed E-state index contributed by atoms with van der Waals surface area (Å²) in [5.74, 6) is 0. The fourth-order valence-electron chi connectivity index (χ4n) is 2.78. The Balaban J connectivity index is 1.66. The largest absolute Gasteiger partial charge is 0.301 e. The van der Waals surface area contributed by atoms with Crippen molar-refractivity contribution < 1.29 is 0 Å². The molecule has 1 aliphatic rings. The van der Waals surface area contributed by atoms with Crippen LogP contribution in [0, 0.1) is 6.07 Å². The van der Waals surface area contributed by atoms with Crippen molar-refractivity contribution in [3.63, 3.8) is 0 Å². The fourth-order valence-corrected chi connectivity index (χ4v) is 2.78. The normalized spacial score (nSPS) is 17.2. The molecule has 2 rings (SSSR count). The zero-order chi connectivity index (χ0) is 15.6. The molecule has 1 saturated heterocycles. The second kappa shape index (κ2) is 9.92. The van der Waals surface area contributed by atoms with Crippen LogP contribution < -0.4 is 16.1 Å². The molecule has 1 fully saturated rings. The van der Waals surface area contributed by atoms with Crippen LogP contribution >= 0.6 is 0 Å². The predicted octanol–water partition coefficient (Wildman–Crippen LogP) is 0.654. The lowest BCUT2D eigenvalue weighted by Crippen LogP contribution is -2.57. The molecule has 3 N–H and O–H groups in total. The summed E-state index contributed by atoms with van der Waals surface area (Å²) in [4.78, 5) is 2.51. The number of nitrogens with one attached hydrogen (secondary N) is 3. The van der Waals surface area contributed by atoms with Crippen LogP contribution in [-0.4, -0.2) is 61.9 Å². The van der Waals surface area contributed by atoms with Crippen LogP contribution in [0.2, 0.25) is 0 Å². The molecule has 1 aliphatic heterocycles. The Kier molecular flexibility index (Phi) is 7.83. The molecule has 0 unspecified atom stereocenters. The van der Waals surface area contributed by atoms with Crippen molar-refractivity contribution in [2.24, 2.45) is 0 Å². The highest BCUT2D eigenvalue weighted by Gasteiger charge is 2.17. The minimum Gasteiger partial charge on any atom is -0.301 e. The number of benzene rings is 1. The number of nitrogens with zero attached hydrogens (tertiary/aromatic N) is 2. The predicted molar refractivity (Wildman–Crippen MR) is 91.3 cm³/mol. The van der Waals surface area contributed by atoms with Gasteiger partial charge in [-0.15, -0.1) is 0 Å². The first kappa shape index (κ1) is 17.4. The first-order valence-electron chi connectivity index (χ1n) is 8.44. The van der Waals surface area contributed by atoms with Gasteiger partial charge in [-0.2, -0.15) is 0 Å². The summed E-state index contributed by atoms with van der Waals surface area (Å²) in [5.41, 5.74) is 4.93. The average Bonchev–Trinajstić information content (AvgIpc) is 2.55. The maximum absolute atomic E-state index is 3.55. The summed E-state index contributed by atoms with van der Waals surface area (Å²) in [6.07, 6.45) is 0.341. The van der Waals surface area contributed by atoms with Gasteiger partial charge in [0.05, 0.1) is 6.17 Å². The summed E-state index contributed by atoms with van der Waals surface area (Å²) in [6.45, 7) is 12.6. The molecule has 5 nitrogen and oxygen atoms in total. The van der Waals surface area contributed by atoms with Gasteiger partial charge in [-0.05, 0) is 24.7 Å². The third-order valence-corrected chi connectivity index (χ3v) is 3.99. The molecular formula is C17H30N5. The third-order valence-electron chi connectivity index (χ3n) is 3.99. The average molecular weight is 304 g/mol. The van der Waals surface area contributed by atoms with Crippen molar-refractivity contribution >= 4 is 0 Å². The number of hydrogen-bond acceptors (Lipinski definition) is 5. The van der Waals surface area contributed by atoms with Gasteiger partial charge in [-0.3, -0.25) is 10.3 Å². The number of hydrogen-bond donors (Lipinski definition) is 3. The molecule has 1 heterocycles. The highest BCUT2D eigenvalue weighted by atomic mass is 15.5. The molecule has 123 valence electrons. The first-order valence-corrected chi connectivity index (χ1v) is 8.44. The molecular weight excluding hydrogens is 274 g/mol. The van der Waals surface area contributed by atoms with E-state index in [9.17, 15) is 0 Å². The molecule has 0 bridgehead atoms. The number of hydrazine groups is 1. The van der Waals surface area contributed by atoms with Gasteiger partial charge in [0, 0.05) is 39.3 Å². The van der Waals surface area contributed by atoms with Gasteiger partial charge in [-0.1, -0.05) is 38.1 Å². The van der Waals surface area contributed by atoms with Gasteiger partial charge < -0.3 is 10.6 Å². The second-order valence-corrected chi connectivity index (χ2v) is 5.70. The van der Waals surface area contributed by atoms with Gasteiger partial charge in [0.2, 0.25) is 0 Å². The summed E-state index contributed by atoms with van der Waals surface area (Å²) in [6, 6.07) is 11.4. The van der Waals surface area contributed by atoms with Crippen LogP contribution in [0.4, 0.5) is 0 Å². The van der Waals surface area contributed by atoms with Gasteiger partial charge in [0.15, 0.2) is 0 Å². The molecule has 1 radical (unpaired) electrons. The van der Waals surface area contributed by atoms with Crippen LogP contribution in [0.25, 0.3) is 0 Å². The van der Waals surface area contributed by atoms with Crippen LogP contribution in [0.1, 0.15) is 19.4 Å². The van der Waals surface area contributed by atoms with Crippen LogP contribution in [0.3, 0.4) is 0 Å². The van der Waals surface area contributed by atoms with Crippen molar-refractivity contribution in [1.29, 1.82) is 0 Å². The van der Waals surface area contributed by atoms with E-state index in [0.717, 1.165) is 52.4 Å². The van der Waals surface area contributed by atoms with Crippen molar-refractivity contribution in [3.8, 4) is 0 Å². The smallest absolute Gasteiger partial charge is 0.0714 e. The van der Waals surface area contributed by atoms with Crippen molar-refractivity contribution in [2.75, 3.05) is 45.8 Å². The molecule has 1 aromatic carbocycles. The summed E-state index contributed by atoms with van der Waals surface area (Å²) < 4.78 is 0. The monoisotopic (exact) mass is 304 g/mol. The lowest BCUT2D eigenvalue weighted by molar-refractivity contribution is 0.0808. The van der Waals surface area contributed by atoms with E-state index in [1.165, 1.54) is 5.56 Å². The number of piperazine rings is 1. The van der Waals surface area contributed by atoms with E-state index < -0.39 is 0 Å². The van der Waals surface area contributed by atoms with Gasteiger partial charge in [0.25, 0.3) is 0 Å². The Morgan fingerprint density at radius 3 is 2.27 bits per heavy atom. The maximum Gasteiger partial charge on any atom is 0.0714 e. The summed E-state index contributed by atoms with van der Waals surface area (Å²) >= 11 is 0. The summed E-state index contributed by atoms with van der Waals surface area (Å²) in [7, 11) is 0. The van der Waals surface area contributed by atoms with E-state index in [1.807, 2.05) is 12.1 Å². The van der Waals surface area contributed by atoms with Crippen molar-refractivity contribution in [1.82, 2.24) is 26.0 Å². The topological polar surface area (TPSA) is 42.6 Å². The second-order valence-electron chi connectivity index (χ2n) is 5.70. The first-order chi connectivity index (χ1) is 10.8. The highest BCUT2D eigenvalue weighted by Crippen LogP contribution is 2.06. The van der Waals surface area contributed by atoms with E-state index in [1.54, 1.807) is 0 Å². The lowest BCUT2D eigenvalue weighted by Gasteiger charge is -2.35. The third kappa shape index (κ3) is 6.02. The van der Waals surface area contributed by atoms with Crippen LogP contribution in [0.5, 0.6) is 0 Å². The zero-order valence-corrected chi connectivity index (χ0v) is 13.9. The lowest BCUT2D eigenvalue weighted by atomic mass is 10.2. The molecule has 0 spiro atoms. The fraction of sp³-hybridized carbons (Fsp3) is 0.647.